The van der Waals surface area contributed by atoms with Gasteiger partial charge in [-0.1, -0.05) is 24.1 Å². The Morgan fingerprint density at radius 2 is 1.90 bits per heavy atom. The first-order chi connectivity index (χ1) is 9.40. The first-order valence-corrected chi connectivity index (χ1v) is 5.43. The van der Waals surface area contributed by atoms with Crippen LogP contribution in [0, 0.1) is 12.3 Å². The van der Waals surface area contributed by atoms with Crippen molar-refractivity contribution in [2.24, 2.45) is 4.99 Å². The third-order valence-electron chi connectivity index (χ3n) is 1.93. The summed E-state index contributed by atoms with van der Waals surface area (Å²) < 4.78 is 39.0. The number of terminal acetylenes is 1. The average molecular weight is 285 g/mol. The summed E-state index contributed by atoms with van der Waals surface area (Å²) in [6.07, 6.45) is 10.4. The van der Waals surface area contributed by atoms with Crippen LogP contribution >= 0.6 is 0 Å². The lowest BCUT2D eigenvalue weighted by Gasteiger charge is -2.11. The predicted molar refractivity (Wildman–Crippen MR) is 67.6 cm³/mol. The Balaban J connectivity index is 0.000000347. The van der Waals surface area contributed by atoms with Crippen molar-refractivity contribution >= 4 is 13.5 Å². The molecule has 20 heavy (non-hydrogen) atoms. The smallest absolute Gasteiger partial charge is 0.418 e. The maximum Gasteiger partial charge on any atom is 0.673 e. The topological polar surface area (TPSA) is 24.8 Å². The average Bonchev–Trinajstić information content (AvgIpc) is 2.56. The number of nitrogens with zero attached hydrogens (tertiary/aromatic N) is 2. The van der Waals surface area contributed by atoms with Crippen LogP contribution in [0.3, 0.4) is 0 Å². The van der Waals surface area contributed by atoms with E-state index in [1.807, 2.05) is 30.5 Å². The summed E-state index contributed by atoms with van der Waals surface area (Å²) in [6.45, 7) is 0.239. The third-order valence-corrected chi connectivity index (χ3v) is 1.93. The van der Waals surface area contributed by atoms with Crippen molar-refractivity contribution in [3.05, 3.63) is 47.2 Å². The number of para-hydroxylation sites is 1. The van der Waals surface area contributed by atoms with Gasteiger partial charge in [0.2, 0.25) is 0 Å². The Morgan fingerprint density at radius 3 is 2.55 bits per heavy atom. The van der Waals surface area contributed by atoms with Crippen LogP contribution in [0.5, 0.6) is 0 Å². The molecule has 8 heteroatoms. The molecule has 0 unspecified atom stereocenters. The molecule has 1 aliphatic heterocycles. The Bertz CT molecular complexity index is 616. The molecule has 0 saturated heterocycles. The number of benzene rings is 1. The van der Waals surface area contributed by atoms with Gasteiger partial charge in [0, 0.05) is 17.6 Å². The molecule has 0 radical (unpaired) electrons. The van der Waals surface area contributed by atoms with Crippen molar-refractivity contribution in [1.82, 2.24) is 5.06 Å². The van der Waals surface area contributed by atoms with Crippen LogP contribution in [0.2, 0.25) is 0 Å². The maximum atomic E-state index is 9.75. The summed E-state index contributed by atoms with van der Waals surface area (Å²) in [5, 5.41) is 3.48. The number of hydrogen-bond donors (Lipinski definition) is 0. The Labute approximate surface area is 112 Å². The maximum absolute atomic E-state index is 9.75. The van der Waals surface area contributed by atoms with Gasteiger partial charge in [-0.3, -0.25) is 9.83 Å². The van der Waals surface area contributed by atoms with Crippen molar-refractivity contribution in [2.45, 2.75) is 0 Å². The van der Waals surface area contributed by atoms with Gasteiger partial charge >= 0.3 is 7.25 Å². The van der Waals surface area contributed by atoms with Gasteiger partial charge in [-0.25, -0.2) is 5.06 Å². The minimum absolute atomic E-state index is 0.239. The van der Waals surface area contributed by atoms with Gasteiger partial charge in [0.15, 0.2) is 0 Å². The van der Waals surface area contributed by atoms with Gasteiger partial charge in [0.05, 0.1) is 11.6 Å². The van der Waals surface area contributed by atoms with E-state index in [0.717, 1.165) is 10.6 Å². The summed E-state index contributed by atoms with van der Waals surface area (Å²) in [7, 11) is -6.00. The van der Waals surface area contributed by atoms with E-state index < -0.39 is 7.25 Å². The fraction of sp³-hybridized carbons (Fsp3) is 0.0833. The fourth-order valence-electron chi connectivity index (χ4n) is 1.27. The number of halogens is 4. The standard InChI is InChI=1S/C12H10N2O.BF4/c1-2-9-15-14-8-7-13-12-6-4-3-5-11(12)10-14;2-1(3,4)5/h1,3-8,10H,9H2;/q;-1. The van der Waals surface area contributed by atoms with Crippen LogP contribution in [0.4, 0.5) is 17.3 Å². The molecule has 0 atom stereocenters. The number of rotatable bonds is 2. The minimum atomic E-state index is -6.00. The molecule has 0 saturated carbocycles. The van der Waals surface area contributed by atoms with Crippen LogP contribution < -0.4 is 10.6 Å². The Kier molecular flexibility index (Phi) is 5.81. The van der Waals surface area contributed by atoms with Crippen molar-refractivity contribution < 1.29 is 22.1 Å². The van der Waals surface area contributed by atoms with E-state index in [1.165, 1.54) is 0 Å². The lowest BCUT2D eigenvalue weighted by molar-refractivity contribution is -0.0468. The fourth-order valence-corrected chi connectivity index (χ4v) is 1.27. The van der Waals surface area contributed by atoms with Gasteiger partial charge in [-0.05, 0) is 6.07 Å². The molecule has 0 N–H and O–H groups in total. The number of hydroxylamine groups is 2. The quantitative estimate of drug-likeness (QED) is 0.469. The van der Waals surface area contributed by atoms with Crippen molar-refractivity contribution in [3.63, 3.8) is 0 Å². The molecule has 1 heterocycles. The highest BCUT2D eigenvalue weighted by Crippen LogP contribution is 2.06. The lowest BCUT2D eigenvalue weighted by Crippen LogP contribution is -2.26. The Hall–Kier alpha value is -2.27. The molecule has 0 aliphatic carbocycles. The van der Waals surface area contributed by atoms with Crippen LogP contribution in [0.1, 0.15) is 0 Å². The molecule has 1 aromatic carbocycles. The summed E-state index contributed by atoms with van der Waals surface area (Å²) in [5.74, 6) is 2.41. The van der Waals surface area contributed by atoms with Crippen molar-refractivity contribution in [2.75, 3.05) is 6.61 Å². The highest BCUT2D eigenvalue weighted by molar-refractivity contribution is 6.50. The number of fused-ring (bicyclic) bond motifs is 1. The van der Waals surface area contributed by atoms with Gasteiger partial charge in [-0.15, -0.1) is 6.42 Å². The van der Waals surface area contributed by atoms with Crippen molar-refractivity contribution in [3.8, 4) is 12.3 Å². The van der Waals surface area contributed by atoms with Crippen LogP contribution in [0.15, 0.2) is 41.7 Å². The summed E-state index contributed by atoms with van der Waals surface area (Å²) >= 11 is 0. The van der Waals surface area contributed by atoms with Crippen LogP contribution in [-0.4, -0.2) is 18.9 Å². The molecule has 2 rings (SSSR count). The van der Waals surface area contributed by atoms with E-state index in [0.29, 0.717) is 0 Å². The minimum Gasteiger partial charge on any atom is -0.418 e. The zero-order valence-electron chi connectivity index (χ0n) is 10.2. The molecule has 3 nitrogen and oxygen atoms in total. The van der Waals surface area contributed by atoms with Gasteiger partial charge in [0.1, 0.15) is 6.61 Å². The highest BCUT2D eigenvalue weighted by Gasteiger charge is 2.20. The highest BCUT2D eigenvalue weighted by atomic mass is 19.5. The molecule has 106 valence electrons. The zero-order valence-corrected chi connectivity index (χ0v) is 10.2. The van der Waals surface area contributed by atoms with E-state index in [9.17, 15) is 17.3 Å². The third kappa shape index (κ3) is 6.61. The predicted octanol–water partition coefficient (Wildman–Crippen LogP) is 1.70. The first-order valence-electron chi connectivity index (χ1n) is 5.43. The monoisotopic (exact) mass is 285 g/mol. The summed E-state index contributed by atoms with van der Waals surface area (Å²) in [4.78, 5) is 9.52. The van der Waals surface area contributed by atoms with Crippen LogP contribution in [-0.2, 0) is 4.84 Å². The molecule has 1 aromatic rings. The van der Waals surface area contributed by atoms with Crippen molar-refractivity contribution in [1.29, 1.82) is 0 Å². The lowest BCUT2D eigenvalue weighted by atomic mass is 10.3. The molecular formula is C12H10BF4N2O-. The molecule has 1 aliphatic rings. The van der Waals surface area contributed by atoms with E-state index >= 15 is 0 Å². The second-order valence-corrected chi connectivity index (χ2v) is 3.45. The summed E-state index contributed by atoms with van der Waals surface area (Å²) in [6, 6.07) is 7.82. The SMILES string of the molecule is C#CCON1C=CN=c2ccccc2=C1.F[B-](F)(F)F. The van der Waals surface area contributed by atoms with Gasteiger partial charge in [0.25, 0.3) is 0 Å². The Morgan fingerprint density at radius 1 is 1.25 bits per heavy atom. The van der Waals surface area contributed by atoms with Crippen LogP contribution in [0.25, 0.3) is 6.20 Å². The van der Waals surface area contributed by atoms with E-state index in [2.05, 4.69) is 10.9 Å². The van der Waals surface area contributed by atoms with E-state index in [-0.39, 0.29) is 6.61 Å². The van der Waals surface area contributed by atoms with E-state index in [4.69, 9.17) is 11.3 Å². The molecule has 0 amide bonds. The largest absolute Gasteiger partial charge is 0.673 e. The normalized spacial score (nSPS) is 12.8. The van der Waals surface area contributed by atoms with Gasteiger partial charge < -0.3 is 17.3 Å². The van der Waals surface area contributed by atoms with Gasteiger partial charge in [-0.2, -0.15) is 0 Å². The molecular weight excluding hydrogens is 275 g/mol. The molecule has 0 aromatic heterocycles. The summed E-state index contributed by atoms with van der Waals surface area (Å²) in [5.41, 5.74) is 0. The van der Waals surface area contributed by atoms with E-state index in [1.54, 1.807) is 17.5 Å². The zero-order chi connectivity index (χ0) is 15.0. The second-order valence-electron chi connectivity index (χ2n) is 3.45. The molecule has 0 bridgehead atoms. The number of hydrogen-bond acceptors (Lipinski definition) is 3. The molecule has 0 spiro atoms. The molecule has 0 fully saturated rings. The first kappa shape index (κ1) is 15.8. The second kappa shape index (κ2) is 7.35.